The number of carbonyl (C=O) groups excluding carboxylic acids is 2. The second kappa shape index (κ2) is 15.2. The molecule has 1 N–H and O–H groups in total. The van der Waals surface area contributed by atoms with Crippen molar-refractivity contribution in [2.24, 2.45) is 0 Å². The van der Waals surface area contributed by atoms with Crippen molar-refractivity contribution >= 4 is 27.5 Å². The zero-order chi connectivity index (χ0) is 31.5. The third-order valence-corrected chi connectivity index (χ3v) is 8.39. The van der Waals surface area contributed by atoms with Gasteiger partial charge in [-0.3, -0.25) is 13.9 Å². The molecule has 0 saturated carbocycles. The standard InChI is InChI=1S/C35H39N3O5S/c1-4-27(2)36-35(40)33(24-28-14-8-5-9-15-28)37(25-29-16-10-6-11-17-29)34(39)26-38(44(3,41)42)30-20-22-32(23-21-30)43-31-18-12-7-13-19-31/h5-23,27,33H,4,24-26H2,1-3H3,(H,36,40)/t27-,33-/m1/s1. The summed E-state index contributed by atoms with van der Waals surface area (Å²) < 4.78 is 33.0. The lowest BCUT2D eigenvalue weighted by Crippen LogP contribution is -2.54. The molecule has 0 aliphatic rings. The molecule has 4 aromatic carbocycles. The van der Waals surface area contributed by atoms with E-state index in [4.69, 9.17) is 4.74 Å². The van der Waals surface area contributed by atoms with Crippen molar-refractivity contribution in [3.05, 3.63) is 126 Å². The molecule has 0 fully saturated rings. The first-order valence-corrected chi connectivity index (χ1v) is 16.5. The summed E-state index contributed by atoms with van der Waals surface area (Å²) in [5.41, 5.74) is 2.02. The van der Waals surface area contributed by atoms with Gasteiger partial charge in [0.15, 0.2) is 0 Å². The normalized spacial score (nSPS) is 12.5. The Balaban J connectivity index is 1.66. The van der Waals surface area contributed by atoms with E-state index in [2.05, 4.69) is 5.32 Å². The molecule has 0 aromatic heterocycles. The van der Waals surface area contributed by atoms with Gasteiger partial charge in [-0.15, -0.1) is 0 Å². The molecule has 230 valence electrons. The molecule has 0 aliphatic heterocycles. The van der Waals surface area contributed by atoms with Crippen LogP contribution in [0.25, 0.3) is 0 Å². The van der Waals surface area contributed by atoms with E-state index in [1.54, 1.807) is 24.3 Å². The van der Waals surface area contributed by atoms with Gasteiger partial charge in [0.1, 0.15) is 24.1 Å². The Morgan fingerprint density at radius 2 is 1.30 bits per heavy atom. The summed E-state index contributed by atoms with van der Waals surface area (Å²) in [6.45, 7) is 3.54. The summed E-state index contributed by atoms with van der Waals surface area (Å²) >= 11 is 0. The van der Waals surface area contributed by atoms with Crippen LogP contribution in [0.15, 0.2) is 115 Å². The van der Waals surface area contributed by atoms with E-state index in [0.717, 1.165) is 28.1 Å². The van der Waals surface area contributed by atoms with Crippen LogP contribution in [0.5, 0.6) is 11.5 Å². The van der Waals surface area contributed by atoms with Crippen LogP contribution in [0.4, 0.5) is 5.69 Å². The summed E-state index contributed by atoms with van der Waals surface area (Å²) in [7, 11) is -3.87. The van der Waals surface area contributed by atoms with Gasteiger partial charge in [0.05, 0.1) is 11.9 Å². The van der Waals surface area contributed by atoms with Gasteiger partial charge < -0.3 is 15.0 Å². The minimum Gasteiger partial charge on any atom is -0.457 e. The molecule has 2 amide bonds. The Bertz CT molecular complexity index is 1600. The summed E-state index contributed by atoms with van der Waals surface area (Å²) in [6.07, 6.45) is 2.06. The highest BCUT2D eigenvalue weighted by Crippen LogP contribution is 2.26. The lowest BCUT2D eigenvalue weighted by atomic mass is 10.0. The molecule has 2 atom stereocenters. The Labute approximate surface area is 260 Å². The van der Waals surface area contributed by atoms with Crippen molar-refractivity contribution in [1.82, 2.24) is 10.2 Å². The molecule has 44 heavy (non-hydrogen) atoms. The number of hydrogen-bond donors (Lipinski definition) is 1. The summed E-state index contributed by atoms with van der Waals surface area (Å²) in [4.78, 5) is 29.4. The molecule has 0 heterocycles. The van der Waals surface area contributed by atoms with Gasteiger partial charge in [0, 0.05) is 19.0 Å². The average Bonchev–Trinajstić information content (AvgIpc) is 3.02. The first-order valence-electron chi connectivity index (χ1n) is 14.6. The van der Waals surface area contributed by atoms with Gasteiger partial charge in [-0.2, -0.15) is 0 Å². The number of rotatable bonds is 14. The second-order valence-electron chi connectivity index (χ2n) is 10.7. The highest BCUT2D eigenvalue weighted by Gasteiger charge is 2.33. The number of amides is 2. The number of sulfonamides is 1. The van der Waals surface area contributed by atoms with Crippen LogP contribution in [-0.4, -0.2) is 50.0 Å². The van der Waals surface area contributed by atoms with Crippen LogP contribution in [0.3, 0.4) is 0 Å². The third kappa shape index (κ3) is 9.18. The van der Waals surface area contributed by atoms with Crippen molar-refractivity contribution in [3.63, 3.8) is 0 Å². The number of anilines is 1. The van der Waals surface area contributed by atoms with Crippen molar-refractivity contribution < 1.29 is 22.7 Å². The molecule has 9 heteroatoms. The van der Waals surface area contributed by atoms with Crippen molar-refractivity contribution in [1.29, 1.82) is 0 Å². The number of carbonyl (C=O) groups is 2. The van der Waals surface area contributed by atoms with Crippen LogP contribution in [0.1, 0.15) is 31.4 Å². The van der Waals surface area contributed by atoms with Crippen molar-refractivity contribution in [2.75, 3.05) is 17.1 Å². The molecular formula is C35H39N3O5S. The van der Waals surface area contributed by atoms with E-state index >= 15 is 0 Å². The Hall–Kier alpha value is -4.63. The molecule has 8 nitrogen and oxygen atoms in total. The summed E-state index contributed by atoms with van der Waals surface area (Å²) in [6, 6.07) is 33.7. The predicted octanol–water partition coefficient (Wildman–Crippen LogP) is 5.80. The van der Waals surface area contributed by atoms with E-state index in [-0.39, 0.29) is 24.9 Å². The largest absolute Gasteiger partial charge is 0.457 e. The van der Waals surface area contributed by atoms with Gasteiger partial charge in [0.2, 0.25) is 21.8 Å². The van der Waals surface area contributed by atoms with E-state index in [1.807, 2.05) is 105 Å². The van der Waals surface area contributed by atoms with Gasteiger partial charge in [-0.05, 0) is 60.9 Å². The third-order valence-electron chi connectivity index (χ3n) is 7.25. The highest BCUT2D eigenvalue weighted by molar-refractivity contribution is 7.92. The van der Waals surface area contributed by atoms with E-state index < -0.39 is 28.5 Å². The quantitative estimate of drug-likeness (QED) is 0.194. The molecule has 0 aliphatic carbocycles. The maximum atomic E-state index is 14.2. The van der Waals surface area contributed by atoms with Gasteiger partial charge in [-0.1, -0.05) is 85.8 Å². The summed E-state index contributed by atoms with van der Waals surface area (Å²) in [5.74, 6) is 0.382. The monoisotopic (exact) mass is 613 g/mol. The number of nitrogens with one attached hydrogen (secondary N) is 1. The number of nitrogens with zero attached hydrogens (tertiary/aromatic N) is 2. The lowest BCUT2D eigenvalue weighted by molar-refractivity contribution is -0.140. The highest BCUT2D eigenvalue weighted by atomic mass is 32.2. The molecule has 0 unspecified atom stereocenters. The van der Waals surface area contributed by atoms with Crippen molar-refractivity contribution in [2.45, 2.75) is 45.3 Å². The van der Waals surface area contributed by atoms with Crippen LogP contribution >= 0.6 is 0 Å². The lowest BCUT2D eigenvalue weighted by Gasteiger charge is -2.34. The Morgan fingerprint density at radius 3 is 1.84 bits per heavy atom. The average molecular weight is 614 g/mol. The number of para-hydroxylation sites is 1. The second-order valence-corrected chi connectivity index (χ2v) is 12.6. The minimum absolute atomic E-state index is 0.0985. The van der Waals surface area contributed by atoms with Gasteiger partial charge >= 0.3 is 0 Å². The summed E-state index contributed by atoms with van der Waals surface area (Å²) in [5, 5.41) is 3.03. The van der Waals surface area contributed by atoms with Gasteiger partial charge in [-0.25, -0.2) is 8.42 Å². The van der Waals surface area contributed by atoms with Crippen molar-refractivity contribution in [3.8, 4) is 11.5 Å². The smallest absolute Gasteiger partial charge is 0.244 e. The molecule has 0 radical (unpaired) electrons. The number of hydrogen-bond acceptors (Lipinski definition) is 5. The topological polar surface area (TPSA) is 96.0 Å². The predicted molar refractivity (Wildman–Crippen MR) is 174 cm³/mol. The maximum Gasteiger partial charge on any atom is 0.244 e. The van der Waals surface area contributed by atoms with E-state index in [9.17, 15) is 18.0 Å². The number of ether oxygens (including phenoxy) is 1. The first-order chi connectivity index (χ1) is 21.1. The van der Waals surface area contributed by atoms with Crippen LogP contribution < -0.4 is 14.4 Å². The first kappa shape index (κ1) is 32.3. The minimum atomic E-state index is -3.87. The van der Waals surface area contributed by atoms with Crippen LogP contribution in [0.2, 0.25) is 0 Å². The number of benzene rings is 4. The molecule has 0 saturated heterocycles. The molecule has 0 spiro atoms. The molecule has 0 bridgehead atoms. The molecule has 4 rings (SSSR count). The Morgan fingerprint density at radius 1 is 0.773 bits per heavy atom. The zero-order valence-electron chi connectivity index (χ0n) is 25.3. The van der Waals surface area contributed by atoms with Crippen LogP contribution in [0, 0.1) is 0 Å². The van der Waals surface area contributed by atoms with E-state index in [0.29, 0.717) is 17.2 Å². The fourth-order valence-electron chi connectivity index (χ4n) is 4.69. The fraction of sp³-hybridized carbons (Fsp3) is 0.257. The zero-order valence-corrected chi connectivity index (χ0v) is 26.1. The van der Waals surface area contributed by atoms with E-state index in [1.165, 1.54) is 4.90 Å². The molecular weight excluding hydrogens is 574 g/mol. The Kier molecular flexibility index (Phi) is 11.2. The fourth-order valence-corrected chi connectivity index (χ4v) is 5.54. The van der Waals surface area contributed by atoms with Gasteiger partial charge in [0.25, 0.3) is 0 Å². The molecule has 4 aromatic rings. The SMILES string of the molecule is CC[C@@H](C)NC(=O)[C@@H](Cc1ccccc1)N(Cc1ccccc1)C(=O)CN(c1ccc(Oc2ccccc2)cc1)S(C)(=O)=O. The van der Waals surface area contributed by atoms with Crippen LogP contribution in [-0.2, 0) is 32.6 Å². The maximum absolute atomic E-state index is 14.2.